The molecule has 0 aliphatic carbocycles. The summed E-state index contributed by atoms with van der Waals surface area (Å²) < 4.78 is 0. The second kappa shape index (κ2) is 11.9. The number of benzene rings is 2. The van der Waals surface area contributed by atoms with E-state index in [-0.39, 0.29) is 41.7 Å². The zero-order valence-electron chi connectivity index (χ0n) is 25.3. The molecular formula is C34H48HfP2-2. The van der Waals surface area contributed by atoms with Gasteiger partial charge in [0.25, 0.3) is 0 Å². The van der Waals surface area contributed by atoms with Crippen LogP contribution in [0.4, 0.5) is 0 Å². The van der Waals surface area contributed by atoms with Crippen molar-refractivity contribution in [2.45, 2.75) is 104 Å². The van der Waals surface area contributed by atoms with Crippen molar-refractivity contribution < 1.29 is 25.8 Å². The van der Waals surface area contributed by atoms with Gasteiger partial charge in [-0.1, -0.05) is 111 Å². The quantitative estimate of drug-likeness (QED) is 0.111. The summed E-state index contributed by atoms with van der Waals surface area (Å²) in [5, 5.41) is 10.0. The predicted molar refractivity (Wildman–Crippen MR) is 171 cm³/mol. The monoisotopic (exact) mass is 698 g/mol. The Balaban J connectivity index is 0.000000253. The Hall–Kier alpha value is -0.610. The zero-order valence-corrected chi connectivity index (χ0v) is 30.7. The van der Waals surface area contributed by atoms with E-state index < -0.39 is 0 Å². The van der Waals surface area contributed by atoms with Crippen LogP contribution in [0.2, 0.25) is 0 Å². The fourth-order valence-electron chi connectivity index (χ4n) is 6.09. The first-order valence-corrected chi connectivity index (χ1v) is 16.0. The van der Waals surface area contributed by atoms with Crippen molar-refractivity contribution in [3.8, 4) is 0 Å². The van der Waals surface area contributed by atoms with Gasteiger partial charge in [-0.25, -0.2) is 0 Å². The second-order valence-electron chi connectivity index (χ2n) is 14.0. The normalized spacial score (nSPS) is 13.1. The fraction of sp³-hybridized carbons (Fsp3) is 0.471. The molecule has 0 aliphatic heterocycles. The van der Waals surface area contributed by atoms with Crippen molar-refractivity contribution in [3.05, 3.63) is 72.8 Å². The summed E-state index contributed by atoms with van der Waals surface area (Å²) in [6.45, 7) is 28.5. The van der Waals surface area contributed by atoms with Crippen molar-refractivity contribution in [3.63, 3.8) is 0 Å². The maximum absolute atomic E-state index is 2.40. The summed E-state index contributed by atoms with van der Waals surface area (Å²) in [7, 11) is -0.369. The minimum Gasteiger partial charge on any atom is -0.160 e. The molecule has 3 heteroatoms. The molecule has 0 heterocycles. The number of rotatable bonds is 2. The maximum Gasteiger partial charge on any atom is 0 e. The summed E-state index contributed by atoms with van der Waals surface area (Å²) in [6, 6.07) is 27.0. The van der Waals surface area contributed by atoms with E-state index in [1.165, 1.54) is 21.5 Å². The van der Waals surface area contributed by atoms with Crippen molar-refractivity contribution in [2.24, 2.45) is 0 Å². The van der Waals surface area contributed by atoms with Gasteiger partial charge in [0.05, 0.1) is 0 Å². The molecule has 0 nitrogen and oxygen atoms in total. The second-order valence-corrected chi connectivity index (χ2v) is 21.8. The van der Waals surface area contributed by atoms with Crippen LogP contribution in [0.1, 0.15) is 83.1 Å². The SMILES string of the molecule is CC(C)(C)P(c1cc2ccccc2[cH-]1)C(C)(C)C.CC(C)(C)P(c1cc2ccccc2[cH-]1)C(C)(C)C.[Hf]. The Morgan fingerprint density at radius 1 is 0.459 bits per heavy atom. The van der Waals surface area contributed by atoms with Crippen LogP contribution in [0.15, 0.2) is 72.8 Å². The molecule has 0 bridgehead atoms. The predicted octanol–water partition coefficient (Wildman–Crippen LogP) is 10.5. The van der Waals surface area contributed by atoms with Crippen LogP contribution in [0, 0.1) is 0 Å². The molecule has 0 radical (unpaired) electrons. The number of hydrogen-bond acceptors (Lipinski definition) is 0. The molecule has 0 N–H and O–H groups in total. The van der Waals surface area contributed by atoms with Crippen LogP contribution in [0.3, 0.4) is 0 Å². The molecule has 37 heavy (non-hydrogen) atoms. The first kappa shape index (κ1) is 32.6. The van der Waals surface area contributed by atoms with Gasteiger partial charge in [0, 0.05) is 25.8 Å². The van der Waals surface area contributed by atoms with Gasteiger partial charge in [-0.15, -0.1) is 80.7 Å². The Bertz CT molecular complexity index is 1080. The largest absolute Gasteiger partial charge is 0.160 e. The molecule has 0 amide bonds. The molecule has 0 atom stereocenters. The van der Waals surface area contributed by atoms with Gasteiger partial charge in [-0.2, -0.15) is 12.1 Å². The van der Waals surface area contributed by atoms with E-state index in [1.54, 1.807) is 10.6 Å². The molecule has 0 saturated heterocycles. The number of hydrogen-bond donors (Lipinski definition) is 0. The maximum atomic E-state index is 2.40. The van der Waals surface area contributed by atoms with E-state index in [4.69, 9.17) is 0 Å². The van der Waals surface area contributed by atoms with E-state index in [2.05, 4.69) is 156 Å². The van der Waals surface area contributed by atoms with Gasteiger partial charge in [0.1, 0.15) is 0 Å². The topological polar surface area (TPSA) is 0 Å². The number of fused-ring (bicyclic) bond motifs is 2. The van der Waals surface area contributed by atoms with E-state index in [0.29, 0.717) is 20.6 Å². The van der Waals surface area contributed by atoms with Crippen LogP contribution in [0.25, 0.3) is 21.5 Å². The Morgan fingerprint density at radius 3 is 0.973 bits per heavy atom. The van der Waals surface area contributed by atoms with Crippen molar-refractivity contribution >= 4 is 48.0 Å². The Kier molecular flexibility index (Phi) is 10.5. The van der Waals surface area contributed by atoms with Crippen LogP contribution >= 0.6 is 15.8 Å². The van der Waals surface area contributed by atoms with Crippen molar-refractivity contribution in [2.75, 3.05) is 0 Å². The first-order chi connectivity index (χ1) is 16.4. The van der Waals surface area contributed by atoms with Crippen molar-refractivity contribution in [1.29, 1.82) is 0 Å². The molecule has 0 unspecified atom stereocenters. The summed E-state index contributed by atoms with van der Waals surface area (Å²) in [4.78, 5) is 0. The Morgan fingerprint density at radius 2 is 0.730 bits per heavy atom. The molecule has 4 aromatic rings. The molecule has 4 aromatic carbocycles. The van der Waals surface area contributed by atoms with E-state index in [9.17, 15) is 0 Å². The van der Waals surface area contributed by atoms with Gasteiger partial charge >= 0.3 is 0 Å². The van der Waals surface area contributed by atoms with E-state index >= 15 is 0 Å². The third-order valence-corrected chi connectivity index (χ3v) is 13.3. The molecule has 0 fully saturated rings. The molecule has 0 saturated carbocycles. The standard InChI is InChI=1S/2C17H24P.Hf/c2*1-16(2,3)18(17(4,5)6)15-11-13-9-7-8-10-14(13)12-15;/h2*7-12H,1-6H3;/q2*-1;. The third-order valence-electron chi connectivity index (χ3n) is 6.41. The van der Waals surface area contributed by atoms with Crippen LogP contribution in [-0.2, 0) is 25.8 Å². The molecule has 4 rings (SSSR count). The fourth-order valence-corrected chi connectivity index (χ4v) is 14.3. The van der Waals surface area contributed by atoms with Crippen molar-refractivity contribution in [1.82, 2.24) is 0 Å². The average Bonchev–Trinajstić information content (AvgIpc) is 3.26. The molecule has 0 aliphatic rings. The minimum absolute atomic E-state index is 0. The summed E-state index contributed by atoms with van der Waals surface area (Å²) in [5.41, 5.74) is 0. The third kappa shape index (κ3) is 8.19. The minimum atomic E-state index is -0.185. The van der Waals surface area contributed by atoms with Gasteiger partial charge in [0.15, 0.2) is 0 Å². The average molecular weight is 697 g/mol. The van der Waals surface area contributed by atoms with Crippen LogP contribution in [-0.4, -0.2) is 20.6 Å². The summed E-state index contributed by atoms with van der Waals surface area (Å²) >= 11 is 0. The van der Waals surface area contributed by atoms with Gasteiger partial charge in [-0.05, 0) is 20.6 Å². The van der Waals surface area contributed by atoms with Crippen LogP contribution in [0.5, 0.6) is 0 Å². The summed E-state index contributed by atoms with van der Waals surface area (Å²) in [6.07, 6.45) is 0. The molecular weight excluding hydrogens is 649 g/mol. The summed E-state index contributed by atoms with van der Waals surface area (Å²) in [5.74, 6) is 0. The molecule has 200 valence electrons. The molecule has 0 spiro atoms. The first-order valence-electron chi connectivity index (χ1n) is 13.3. The zero-order chi connectivity index (χ0) is 27.1. The van der Waals surface area contributed by atoms with E-state index in [1.807, 2.05) is 0 Å². The van der Waals surface area contributed by atoms with Gasteiger partial charge < -0.3 is 0 Å². The van der Waals surface area contributed by atoms with E-state index in [0.717, 1.165) is 0 Å². The molecule has 0 aromatic heterocycles. The smallest absolute Gasteiger partial charge is 0 e. The Labute approximate surface area is 249 Å². The van der Waals surface area contributed by atoms with Crippen LogP contribution < -0.4 is 10.6 Å². The van der Waals surface area contributed by atoms with Gasteiger partial charge in [0.2, 0.25) is 0 Å². The van der Waals surface area contributed by atoms with Gasteiger partial charge in [-0.3, -0.25) is 0 Å².